The van der Waals surface area contributed by atoms with E-state index in [1.165, 1.54) is 0 Å². The first-order valence-electron chi connectivity index (χ1n) is 6.93. The van der Waals surface area contributed by atoms with Gasteiger partial charge < -0.3 is 9.57 Å². The van der Waals surface area contributed by atoms with Crippen molar-refractivity contribution >= 4 is 34.3 Å². The third-order valence-electron chi connectivity index (χ3n) is 3.32. The van der Waals surface area contributed by atoms with E-state index in [0.717, 1.165) is 14.8 Å². The first-order chi connectivity index (χ1) is 10.7. The fourth-order valence-corrected chi connectivity index (χ4v) is 2.52. The highest BCUT2D eigenvalue weighted by molar-refractivity contribution is 14.1. The number of nitrogens with zero attached hydrogens (tertiary/aromatic N) is 1. The van der Waals surface area contributed by atoms with E-state index in [0.29, 0.717) is 12.0 Å². The average molecular weight is 407 g/mol. The van der Waals surface area contributed by atoms with Crippen molar-refractivity contribution in [2.45, 2.75) is 12.5 Å². The molecule has 0 unspecified atom stereocenters. The molecule has 1 aliphatic rings. The third kappa shape index (κ3) is 3.65. The lowest BCUT2D eigenvalue weighted by Gasteiger charge is -2.09. The van der Waals surface area contributed by atoms with E-state index in [2.05, 4.69) is 27.7 Å². The normalized spacial score (nSPS) is 16.8. The summed E-state index contributed by atoms with van der Waals surface area (Å²) in [6.07, 6.45) is 0.423. The molecule has 0 amide bonds. The summed E-state index contributed by atoms with van der Waals surface area (Å²) in [6.45, 7) is 0.199. The van der Waals surface area contributed by atoms with Crippen molar-refractivity contribution in [1.82, 2.24) is 0 Å². The summed E-state index contributed by atoms with van der Waals surface area (Å²) in [5, 5.41) is 4.07. The van der Waals surface area contributed by atoms with Gasteiger partial charge in [-0.25, -0.2) is 4.79 Å². The molecule has 0 fully saturated rings. The lowest BCUT2D eigenvalue weighted by Crippen LogP contribution is -2.19. The van der Waals surface area contributed by atoms with Crippen molar-refractivity contribution in [2.24, 2.45) is 5.16 Å². The van der Waals surface area contributed by atoms with E-state index in [-0.39, 0.29) is 18.7 Å². The molecule has 0 radical (unpaired) electrons. The Labute approximate surface area is 142 Å². The Hall–Kier alpha value is -1.89. The molecule has 0 aliphatic carbocycles. The fraction of sp³-hybridized carbons (Fsp3) is 0.176. The first-order valence-corrected chi connectivity index (χ1v) is 8.01. The zero-order valence-corrected chi connectivity index (χ0v) is 13.9. The van der Waals surface area contributed by atoms with Crippen LogP contribution in [0.5, 0.6) is 0 Å². The van der Waals surface area contributed by atoms with Gasteiger partial charge in [-0.05, 0) is 52.4 Å². The number of carbonyl (C=O) groups is 1. The van der Waals surface area contributed by atoms with E-state index in [1.807, 2.05) is 42.5 Å². The van der Waals surface area contributed by atoms with Gasteiger partial charge in [-0.15, -0.1) is 0 Å². The number of hydrogen-bond donors (Lipinski definition) is 0. The molecule has 112 valence electrons. The lowest BCUT2D eigenvalue weighted by molar-refractivity contribution is 0.00686. The van der Waals surface area contributed by atoms with Gasteiger partial charge in [0.1, 0.15) is 6.61 Å². The molecule has 4 nitrogen and oxygen atoms in total. The van der Waals surface area contributed by atoms with Gasteiger partial charge in [-0.2, -0.15) is 0 Å². The van der Waals surface area contributed by atoms with Crippen LogP contribution < -0.4 is 0 Å². The van der Waals surface area contributed by atoms with Crippen LogP contribution in [-0.4, -0.2) is 24.4 Å². The Morgan fingerprint density at radius 3 is 2.64 bits per heavy atom. The number of oxime groups is 1. The molecule has 3 rings (SSSR count). The Kier molecular flexibility index (Phi) is 4.72. The predicted molar refractivity (Wildman–Crippen MR) is 91.9 cm³/mol. The molecule has 5 heteroatoms. The molecule has 1 aliphatic heterocycles. The van der Waals surface area contributed by atoms with Crippen LogP contribution in [0.3, 0.4) is 0 Å². The van der Waals surface area contributed by atoms with Gasteiger partial charge in [0.2, 0.25) is 0 Å². The number of benzene rings is 2. The zero-order chi connectivity index (χ0) is 15.4. The summed E-state index contributed by atoms with van der Waals surface area (Å²) in [5.41, 5.74) is 2.47. The number of rotatable bonds is 4. The van der Waals surface area contributed by atoms with Crippen LogP contribution in [0.2, 0.25) is 0 Å². The summed E-state index contributed by atoms with van der Waals surface area (Å²) >= 11 is 2.19. The standard InChI is InChI=1S/C17H14INO3/c18-14-8-6-13(7-9-14)17(20)21-11-15-10-16(19-22-15)12-4-2-1-3-5-12/h1-9,15H,10-11H2/t15-/m1/s1. The maximum absolute atomic E-state index is 11.9. The summed E-state index contributed by atoms with van der Waals surface area (Å²) in [6, 6.07) is 17.1. The maximum Gasteiger partial charge on any atom is 0.338 e. The minimum absolute atomic E-state index is 0.199. The van der Waals surface area contributed by atoms with Crippen molar-refractivity contribution in [3.63, 3.8) is 0 Å². The number of esters is 1. The Morgan fingerprint density at radius 2 is 1.91 bits per heavy atom. The number of halogens is 1. The first kappa shape index (κ1) is 15.0. The molecule has 2 aromatic carbocycles. The van der Waals surface area contributed by atoms with Gasteiger partial charge in [0.15, 0.2) is 6.10 Å². The Morgan fingerprint density at radius 1 is 1.18 bits per heavy atom. The van der Waals surface area contributed by atoms with Crippen molar-refractivity contribution in [2.75, 3.05) is 6.61 Å². The minimum Gasteiger partial charge on any atom is -0.458 e. The van der Waals surface area contributed by atoms with Gasteiger partial charge in [-0.3, -0.25) is 0 Å². The van der Waals surface area contributed by atoms with Crippen molar-refractivity contribution < 1.29 is 14.4 Å². The van der Waals surface area contributed by atoms with Gasteiger partial charge in [0.25, 0.3) is 0 Å². The van der Waals surface area contributed by atoms with Gasteiger partial charge in [0, 0.05) is 9.99 Å². The summed E-state index contributed by atoms with van der Waals surface area (Å²) in [5.74, 6) is -0.340. The zero-order valence-electron chi connectivity index (χ0n) is 11.7. The molecule has 1 heterocycles. The molecule has 0 saturated carbocycles. The van der Waals surface area contributed by atoms with E-state index in [9.17, 15) is 4.79 Å². The molecule has 2 aromatic rings. The molecule has 0 bridgehead atoms. The van der Waals surface area contributed by atoms with E-state index in [4.69, 9.17) is 9.57 Å². The third-order valence-corrected chi connectivity index (χ3v) is 4.04. The molecule has 1 atom stereocenters. The Bertz CT molecular complexity index is 683. The van der Waals surface area contributed by atoms with Crippen molar-refractivity contribution in [1.29, 1.82) is 0 Å². The van der Waals surface area contributed by atoms with Crippen molar-refractivity contribution in [3.05, 3.63) is 69.3 Å². The maximum atomic E-state index is 11.9. The highest BCUT2D eigenvalue weighted by Crippen LogP contribution is 2.17. The number of ether oxygens (including phenoxy) is 1. The summed E-state index contributed by atoms with van der Waals surface area (Å²) in [7, 11) is 0. The minimum atomic E-state index is -0.340. The number of hydrogen-bond acceptors (Lipinski definition) is 4. The highest BCUT2D eigenvalue weighted by atomic mass is 127. The molecular weight excluding hydrogens is 393 g/mol. The second-order valence-corrected chi connectivity index (χ2v) is 6.19. The molecule has 0 N–H and O–H groups in total. The topological polar surface area (TPSA) is 47.9 Å². The van der Waals surface area contributed by atoms with Crippen LogP contribution in [0.4, 0.5) is 0 Å². The predicted octanol–water partition coefficient (Wildman–Crippen LogP) is 3.64. The lowest BCUT2D eigenvalue weighted by atomic mass is 10.1. The molecule has 0 aromatic heterocycles. The van der Waals surface area contributed by atoms with E-state index in [1.54, 1.807) is 12.1 Å². The SMILES string of the molecule is O=C(OC[C@H]1CC(c2ccccc2)=NO1)c1ccc(I)cc1. The van der Waals surface area contributed by atoms with Crippen LogP contribution in [0, 0.1) is 3.57 Å². The van der Waals surface area contributed by atoms with Crippen LogP contribution in [0.25, 0.3) is 0 Å². The monoisotopic (exact) mass is 407 g/mol. The van der Waals surface area contributed by atoms with E-state index < -0.39 is 0 Å². The molecule has 0 saturated heterocycles. The highest BCUT2D eigenvalue weighted by Gasteiger charge is 2.23. The van der Waals surface area contributed by atoms with Crippen LogP contribution in [0.15, 0.2) is 59.8 Å². The van der Waals surface area contributed by atoms with Gasteiger partial charge in [0.05, 0.1) is 11.3 Å². The average Bonchev–Trinajstić information content (AvgIpc) is 3.03. The van der Waals surface area contributed by atoms with Crippen LogP contribution in [0.1, 0.15) is 22.3 Å². The van der Waals surface area contributed by atoms with Crippen LogP contribution in [-0.2, 0) is 9.57 Å². The fourth-order valence-electron chi connectivity index (χ4n) is 2.16. The Balaban J connectivity index is 1.52. The largest absolute Gasteiger partial charge is 0.458 e. The van der Waals surface area contributed by atoms with Crippen molar-refractivity contribution in [3.8, 4) is 0 Å². The molecule has 0 spiro atoms. The van der Waals surface area contributed by atoms with Crippen LogP contribution >= 0.6 is 22.6 Å². The molecule has 22 heavy (non-hydrogen) atoms. The quantitative estimate of drug-likeness (QED) is 0.575. The summed E-state index contributed by atoms with van der Waals surface area (Å²) < 4.78 is 6.37. The number of carbonyl (C=O) groups excluding carboxylic acids is 1. The van der Waals surface area contributed by atoms with Gasteiger partial charge in [-0.1, -0.05) is 35.5 Å². The smallest absolute Gasteiger partial charge is 0.338 e. The molecular formula is C17H14INO3. The second-order valence-electron chi connectivity index (χ2n) is 4.94. The second kappa shape index (κ2) is 6.91. The van der Waals surface area contributed by atoms with Gasteiger partial charge >= 0.3 is 5.97 Å². The summed E-state index contributed by atoms with van der Waals surface area (Å²) in [4.78, 5) is 17.3. The van der Waals surface area contributed by atoms with E-state index >= 15 is 0 Å².